The Morgan fingerprint density at radius 2 is 1.42 bits per heavy atom. The Labute approximate surface area is 76.7 Å². The molecule has 0 aliphatic rings. The van der Waals surface area contributed by atoms with E-state index in [2.05, 4.69) is 0 Å². The van der Waals surface area contributed by atoms with Gasteiger partial charge in [-0.25, -0.2) is 0 Å². The maximum atomic E-state index is 10.0. The van der Waals surface area contributed by atoms with Gasteiger partial charge in [0.2, 0.25) is 0 Å². The van der Waals surface area contributed by atoms with Crippen LogP contribution in [0.2, 0.25) is 0 Å². The molecular formula is C7H10CoO4. The summed E-state index contributed by atoms with van der Waals surface area (Å²) in [5, 5.41) is 1.06. The number of ketones is 2. The topological polar surface area (TPSA) is 68.3 Å². The van der Waals surface area contributed by atoms with Crippen LogP contribution in [0.5, 0.6) is 0 Å². The first-order chi connectivity index (χ1) is 5.54. The Morgan fingerprint density at radius 1 is 1.08 bits per heavy atom. The normalized spacial score (nSPS) is 7.83. The van der Waals surface area contributed by atoms with Crippen LogP contribution in [0.3, 0.4) is 0 Å². The molecule has 71 valence electrons. The summed E-state index contributed by atoms with van der Waals surface area (Å²) in [6, 6.07) is 0. The van der Waals surface area contributed by atoms with Crippen molar-refractivity contribution in [2.24, 2.45) is 0 Å². The van der Waals surface area contributed by atoms with Gasteiger partial charge in [-0.3, -0.25) is 9.59 Å². The first-order valence-corrected chi connectivity index (χ1v) is 4.17. The minimum atomic E-state index is -0.0625. The van der Waals surface area contributed by atoms with Gasteiger partial charge < -0.3 is 0 Å². The standard InChI is InChI=1S/C5H8O2.2CHO.Co/c1-4(6)3-5(2)7;2*1-2;/h3H2,1-2H3;2*1H;. The molecule has 0 spiro atoms. The molecule has 0 unspecified atom stereocenters. The third-order valence-corrected chi connectivity index (χ3v) is 0.872. The van der Waals surface area contributed by atoms with Gasteiger partial charge in [0.1, 0.15) is 11.6 Å². The zero-order chi connectivity index (χ0) is 9.98. The molecule has 0 bridgehead atoms. The van der Waals surface area contributed by atoms with Crippen molar-refractivity contribution >= 4 is 22.0 Å². The predicted molar refractivity (Wildman–Crippen MR) is 39.5 cm³/mol. The molecule has 4 nitrogen and oxygen atoms in total. The molecular weight excluding hydrogens is 207 g/mol. The number of hydrogen-bond acceptors (Lipinski definition) is 4. The van der Waals surface area contributed by atoms with Crippen LogP contribution in [0.25, 0.3) is 0 Å². The van der Waals surface area contributed by atoms with Crippen molar-refractivity contribution in [2.75, 3.05) is 0 Å². The van der Waals surface area contributed by atoms with E-state index in [1.807, 2.05) is 0 Å². The Morgan fingerprint density at radius 3 is 1.42 bits per heavy atom. The SMILES string of the molecule is CC(=O)CC(C)=O.O=[CH][Co][CH]=O. The number of carbonyl (C=O) groups excluding carboxylic acids is 4. The van der Waals surface area contributed by atoms with E-state index in [9.17, 15) is 9.59 Å². The van der Waals surface area contributed by atoms with Gasteiger partial charge in [0.15, 0.2) is 0 Å². The van der Waals surface area contributed by atoms with Crippen molar-refractivity contribution in [3.05, 3.63) is 0 Å². The van der Waals surface area contributed by atoms with Gasteiger partial charge in [-0.2, -0.15) is 0 Å². The van der Waals surface area contributed by atoms with E-state index in [4.69, 9.17) is 9.59 Å². The second-order valence-corrected chi connectivity index (χ2v) is 2.69. The van der Waals surface area contributed by atoms with Gasteiger partial charge in [0, 0.05) is 0 Å². The van der Waals surface area contributed by atoms with Crippen molar-refractivity contribution in [3.8, 4) is 0 Å². The van der Waals surface area contributed by atoms with Crippen LogP contribution in [-0.4, -0.2) is 22.0 Å². The van der Waals surface area contributed by atoms with Crippen LogP contribution >= 0.6 is 0 Å². The summed E-state index contributed by atoms with van der Waals surface area (Å²) < 4.78 is 0. The van der Waals surface area contributed by atoms with Crippen molar-refractivity contribution in [1.82, 2.24) is 0 Å². The summed E-state index contributed by atoms with van der Waals surface area (Å²) in [4.78, 5) is 38.4. The van der Waals surface area contributed by atoms with Crippen molar-refractivity contribution in [2.45, 2.75) is 20.3 Å². The molecule has 0 fully saturated rings. The molecule has 0 radical (unpaired) electrons. The van der Waals surface area contributed by atoms with Gasteiger partial charge in [-0.1, -0.05) is 0 Å². The van der Waals surface area contributed by atoms with Crippen LogP contribution < -0.4 is 0 Å². The summed E-state index contributed by atoms with van der Waals surface area (Å²) in [5.41, 5.74) is 0. The molecule has 0 heterocycles. The average molecular weight is 217 g/mol. The average Bonchev–Trinajstić information content (AvgIpc) is 1.87. The van der Waals surface area contributed by atoms with Crippen molar-refractivity contribution in [1.29, 1.82) is 0 Å². The zero-order valence-electron chi connectivity index (χ0n) is 6.83. The van der Waals surface area contributed by atoms with E-state index in [1.165, 1.54) is 13.8 Å². The van der Waals surface area contributed by atoms with Gasteiger partial charge >= 0.3 is 34.7 Å². The van der Waals surface area contributed by atoms with E-state index in [0.717, 1.165) is 0 Å². The van der Waals surface area contributed by atoms with Crippen LogP contribution in [0.4, 0.5) is 0 Å². The van der Waals surface area contributed by atoms with Gasteiger partial charge in [-0.05, 0) is 13.8 Å². The summed E-state index contributed by atoms with van der Waals surface area (Å²) in [5.74, 6) is -0.125. The molecule has 0 N–H and O–H groups in total. The Balaban J connectivity index is 0. The molecule has 0 saturated carbocycles. The van der Waals surface area contributed by atoms with Crippen LogP contribution in [-0.2, 0) is 33.9 Å². The minimum absolute atomic E-state index is 0.0625. The molecule has 12 heavy (non-hydrogen) atoms. The van der Waals surface area contributed by atoms with Gasteiger partial charge in [0.25, 0.3) is 0 Å². The van der Waals surface area contributed by atoms with Gasteiger partial charge in [-0.15, -0.1) is 0 Å². The second-order valence-electron chi connectivity index (χ2n) is 1.85. The Hall–Kier alpha value is -0.814. The van der Waals surface area contributed by atoms with E-state index in [-0.39, 0.29) is 32.7 Å². The summed E-state index contributed by atoms with van der Waals surface area (Å²) in [6.45, 7) is 2.81. The number of carbonyl (C=O) groups is 4. The van der Waals surface area contributed by atoms with Crippen LogP contribution in [0, 0.1) is 0 Å². The fourth-order valence-electron chi connectivity index (χ4n) is 0.369. The van der Waals surface area contributed by atoms with E-state index >= 15 is 0 Å². The predicted octanol–water partition coefficient (Wildman–Crippen LogP) is 0.00380. The van der Waals surface area contributed by atoms with Crippen molar-refractivity contribution in [3.63, 3.8) is 0 Å². The molecule has 0 aromatic heterocycles. The third kappa shape index (κ3) is 22.9. The first-order valence-electron chi connectivity index (χ1n) is 2.97. The fourth-order valence-corrected chi connectivity index (χ4v) is 0.427. The monoisotopic (exact) mass is 217 g/mol. The zero-order valence-corrected chi connectivity index (χ0v) is 7.87. The van der Waals surface area contributed by atoms with Crippen LogP contribution in [0.1, 0.15) is 20.3 Å². The van der Waals surface area contributed by atoms with Crippen molar-refractivity contribution < 1.29 is 33.9 Å². The van der Waals surface area contributed by atoms with E-state index in [1.54, 1.807) is 0 Å². The Bertz CT molecular complexity index is 158. The molecule has 0 aliphatic carbocycles. The number of rotatable bonds is 4. The summed E-state index contributed by atoms with van der Waals surface area (Å²) >= 11 is 0.243. The molecule has 0 aromatic rings. The molecule has 0 saturated heterocycles. The molecule has 0 amide bonds. The molecule has 0 aromatic carbocycles. The molecule has 5 heteroatoms. The summed E-state index contributed by atoms with van der Waals surface area (Å²) in [6.07, 6.45) is 0.0833. The van der Waals surface area contributed by atoms with E-state index < -0.39 is 0 Å². The maximum absolute atomic E-state index is 10.0. The summed E-state index contributed by atoms with van der Waals surface area (Å²) in [7, 11) is 0. The first kappa shape index (κ1) is 13.8. The Kier molecular flexibility index (Phi) is 11.7. The van der Waals surface area contributed by atoms with Crippen LogP contribution in [0.15, 0.2) is 0 Å². The third-order valence-electron chi connectivity index (χ3n) is 0.589. The molecule has 0 atom stereocenters. The fraction of sp³-hybridized carbons (Fsp3) is 0.429. The van der Waals surface area contributed by atoms with Gasteiger partial charge in [0.05, 0.1) is 6.42 Å². The molecule has 0 aliphatic heterocycles. The number of Topliss-reactive ketones (excluding diaryl/α,β-unsaturated/α-hetero) is 2. The number of hydrogen-bond donors (Lipinski definition) is 0. The second kappa shape index (κ2) is 10.2. The molecule has 0 rings (SSSR count). The quantitative estimate of drug-likeness (QED) is 0.491. The van der Waals surface area contributed by atoms with E-state index in [0.29, 0.717) is 10.4 Å².